The summed E-state index contributed by atoms with van der Waals surface area (Å²) < 4.78 is 16.3. The molecule has 2 aliphatic rings. The van der Waals surface area contributed by atoms with Crippen molar-refractivity contribution in [2.24, 2.45) is 0 Å². The van der Waals surface area contributed by atoms with Gasteiger partial charge < -0.3 is 24.4 Å². The zero-order valence-electron chi connectivity index (χ0n) is 15.8. The number of rotatable bonds is 2. The number of ether oxygens (including phenoxy) is 3. The van der Waals surface area contributed by atoms with Gasteiger partial charge in [0, 0.05) is 20.2 Å². The second-order valence-corrected chi connectivity index (χ2v) is 7.64. The minimum atomic E-state index is -0.644. The van der Waals surface area contributed by atoms with Gasteiger partial charge in [-0.1, -0.05) is 0 Å². The second kappa shape index (κ2) is 7.15. The molecule has 2 heterocycles. The van der Waals surface area contributed by atoms with E-state index >= 15 is 0 Å². The summed E-state index contributed by atoms with van der Waals surface area (Å²) in [5, 5.41) is 2.88. The Balaban J connectivity index is 1.75. The third-order valence-corrected chi connectivity index (χ3v) is 4.39. The Morgan fingerprint density at radius 3 is 2.54 bits per heavy atom. The number of hydrogen-bond donors (Lipinski definition) is 1. The Morgan fingerprint density at radius 2 is 1.92 bits per heavy atom. The van der Waals surface area contributed by atoms with Gasteiger partial charge >= 0.3 is 6.09 Å². The zero-order valence-corrected chi connectivity index (χ0v) is 15.8. The number of nitrogens with one attached hydrogen (secondary N) is 1. The average Bonchev–Trinajstić information content (AvgIpc) is 2.74. The number of benzene rings is 1. The van der Waals surface area contributed by atoms with Gasteiger partial charge in [0.15, 0.2) is 0 Å². The molecular formula is C19H26N2O5. The molecule has 0 spiro atoms. The maximum absolute atomic E-state index is 12.3. The normalized spacial score (nSPS) is 19.6. The van der Waals surface area contributed by atoms with E-state index in [1.165, 1.54) is 7.11 Å². The molecule has 1 aromatic carbocycles. The van der Waals surface area contributed by atoms with E-state index in [1.807, 2.05) is 32.9 Å². The molecule has 1 unspecified atom stereocenters. The summed E-state index contributed by atoms with van der Waals surface area (Å²) in [5.41, 5.74) is 2.40. The standard InChI is InChI=1S/C19H26N2O5/c1-19(2,3)26-18(23)21-7-5-12-9-14-15(10-13(12)6-8-21)25-16(11-24-4)17(22)20-14/h9-10,16H,5-8,11H2,1-4H3,(H,20,22). The molecule has 2 amide bonds. The first-order valence-corrected chi connectivity index (χ1v) is 8.87. The van der Waals surface area contributed by atoms with Crippen LogP contribution < -0.4 is 10.1 Å². The molecule has 1 atom stereocenters. The van der Waals surface area contributed by atoms with Gasteiger partial charge in [-0.15, -0.1) is 0 Å². The quantitative estimate of drug-likeness (QED) is 0.874. The Labute approximate surface area is 153 Å². The minimum Gasteiger partial charge on any atom is -0.476 e. The van der Waals surface area contributed by atoms with Crippen molar-refractivity contribution in [1.82, 2.24) is 4.90 Å². The molecule has 0 bridgehead atoms. The molecule has 0 fully saturated rings. The van der Waals surface area contributed by atoms with E-state index in [0.717, 1.165) is 11.1 Å². The number of fused-ring (bicyclic) bond motifs is 2. The van der Waals surface area contributed by atoms with Gasteiger partial charge in [-0.25, -0.2) is 4.79 Å². The number of carbonyl (C=O) groups excluding carboxylic acids is 2. The van der Waals surface area contributed by atoms with Crippen LogP contribution in [0.15, 0.2) is 12.1 Å². The molecule has 26 heavy (non-hydrogen) atoms. The number of carbonyl (C=O) groups is 2. The van der Waals surface area contributed by atoms with E-state index in [9.17, 15) is 9.59 Å². The first kappa shape index (κ1) is 18.5. The lowest BCUT2D eigenvalue weighted by atomic mass is 10.0. The monoisotopic (exact) mass is 362 g/mol. The van der Waals surface area contributed by atoms with Gasteiger partial charge in [-0.05, 0) is 56.9 Å². The van der Waals surface area contributed by atoms with E-state index < -0.39 is 11.7 Å². The minimum absolute atomic E-state index is 0.203. The van der Waals surface area contributed by atoms with Gasteiger partial charge in [0.2, 0.25) is 6.10 Å². The Bertz CT molecular complexity index is 711. The molecule has 3 rings (SSSR count). The molecular weight excluding hydrogens is 336 g/mol. The van der Waals surface area contributed by atoms with Crippen LogP contribution in [0.25, 0.3) is 0 Å². The fourth-order valence-electron chi connectivity index (χ4n) is 3.14. The molecule has 1 aromatic rings. The van der Waals surface area contributed by atoms with Crippen LogP contribution in [0.3, 0.4) is 0 Å². The highest BCUT2D eigenvalue weighted by Crippen LogP contribution is 2.34. The summed E-state index contributed by atoms with van der Waals surface area (Å²) in [7, 11) is 1.54. The van der Waals surface area contributed by atoms with Crippen molar-refractivity contribution >= 4 is 17.7 Å². The van der Waals surface area contributed by atoms with Crippen molar-refractivity contribution in [2.75, 3.05) is 32.1 Å². The Hall–Kier alpha value is -2.28. The third-order valence-electron chi connectivity index (χ3n) is 4.39. The van der Waals surface area contributed by atoms with Crippen LogP contribution in [0, 0.1) is 0 Å². The second-order valence-electron chi connectivity index (χ2n) is 7.64. The fourth-order valence-corrected chi connectivity index (χ4v) is 3.14. The zero-order chi connectivity index (χ0) is 18.9. The third kappa shape index (κ3) is 4.09. The summed E-state index contributed by atoms with van der Waals surface area (Å²) in [6, 6.07) is 3.91. The lowest BCUT2D eigenvalue weighted by Gasteiger charge is -2.26. The number of methoxy groups -OCH3 is 1. The first-order valence-electron chi connectivity index (χ1n) is 8.87. The predicted octanol–water partition coefficient (Wildman–Crippen LogP) is 2.37. The topological polar surface area (TPSA) is 77.1 Å². The molecule has 142 valence electrons. The summed E-state index contributed by atoms with van der Waals surface area (Å²) in [4.78, 5) is 26.1. The van der Waals surface area contributed by atoms with Crippen LogP contribution in [0.5, 0.6) is 5.75 Å². The number of nitrogens with zero attached hydrogens (tertiary/aromatic N) is 1. The van der Waals surface area contributed by atoms with E-state index in [-0.39, 0.29) is 18.6 Å². The van der Waals surface area contributed by atoms with Gasteiger partial charge in [-0.2, -0.15) is 0 Å². The maximum atomic E-state index is 12.3. The maximum Gasteiger partial charge on any atom is 0.410 e. The SMILES string of the molecule is COCC1Oc2cc3c(cc2NC1=O)CCN(C(=O)OC(C)(C)C)CC3. The van der Waals surface area contributed by atoms with E-state index in [1.54, 1.807) is 4.90 Å². The molecule has 0 radical (unpaired) electrons. The van der Waals surface area contributed by atoms with Crippen molar-refractivity contribution in [2.45, 2.75) is 45.3 Å². The highest BCUT2D eigenvalue weighted by molar-refractivity contribution is 5.98. The van der Waals surface area contributed by atoms with E-state index in [2.05, 4.69) is 5.32 Å². The number of hydrogen-bond acceptors (Lipinski definition) is 5. The van der Waals surface area contributed by atoms with Crippen molar-refractivity contribution in [1.29, 1.82) is 0 Å². The Morgan fingerprint density at radius 1 is 1.27 bits per heavy atom. The van der Waals surface area contributed by atoms with Crippen LogP contribution in [-0.2, 0) is 27.1 Å². The van der Waals surface area contributed by atoms with E-state index in [4.69, 9.17) is 14.2 Å². The molecule has 1 N–H and O–H groups in total. The Kier molecular flexibility index (Phi) is 5.09. The highest BCUT2D eigenvalue weighted by Gasteiger charge is 2.30. The summed E-state index contributed by atoms with van der Waals surface area (Å²) in [6.07, 6.45) is 0.488. The van der Waals surface area contributed by atoms with Gasteiger partial charge in [0.1, 0.15) is 11.4 Å². The van der Waals surface area contributed by atoms with Crippen molar-refractivity contribution in [3.05, 3.63) is 23.3 Å². The first-order chi connectivity index (χ1) is 12.3. The fraction of sp³-hybridized carbons (Fsp3) is 0.579. The van der Waals surface area contributed by atoms with Gasteiger partial charge in [-0.3, -0.25) is 4.79 Å². The predicted molar refractivity (Wildman–Crippen MR) is 96.6 cm³/mol. The number of amides is 2. The molecule has 7 nitrogen and oxygen atoms in total. The van der Waals surface area contributed by atoms with Crippen LogP contribution in [0.2, 0.25) is 0 Å². The summed E-state index contributed by atoms with van der Waals surface area (Å²) >= 11 is 0. The van der Waals surface area contributed by atoms with E-state index in [0.29, 0.717) is 37.4 Å². The average molecular weight is 362 g/mol. The van der Waals surface area contributed by atoms with Crippen LogP contribution in [0.1, 0.15) is 31.9 Å². The van der Waals surface area contributed by atoms with Crippen LogP contribution in [-0.4, -0.2) is 55.4 Å². The molecule has 0 aromatic heterocycles. The highest BCUT2D eigenvalue weighted by atomic mass is 16.6. The molecule has 7 heteroatoms. The lowest BCUT2D eigenvalue weighted by molar-refractivity contribution is -0.125. The van der Waals surface area contributed by atoms with Crippen molar-refractivity contribution in [3.63, 3.8) is 0 Å². The molecule has 2 aliphatic heterocycles. The van der Waals surface area contributed by atoms with Crippen molar-refractivity contribution < 1.29 is 23.8 Å². The van der Waals surface area contributed by atoms with Gasteiger partial charge in [0.25, 0.3) is 5.91 Å². The lowest BCUT2D eigenvalue weighted by Crippen LogP contribution is -2.40. The summed E-state index contributed by atoms with van der Waals surface area (Å²) in [5.74, 6) is 0.444. The van der Waals surface area contributed by atoms with Crippen LogP contribution >= 0.6 is 0 Å². The van der Waals surface area contributed by atoms with Gasteiger partial charge in [0.05, 0.1) is 12.3 Å². The summed E-state index contributed by atoms with van der Waals surface area (Å²) in [6.45, 7) is 6.97. The molecule has 0 saturated carbocycles. The molecule has 0 aliphatic carbocycles. The van der Waals surface area contributed by atoms with Crippen molar-refractivity contribution in [3.8, 4) is 5.75 Å². The molecule has 0 saturated heterocycles. The number of anilines is 1. The smallest absolute Gasteiger partial charge is 0.410 e. The van der Waals surface area contributed by atoms with Crippen LogP contribution in [0.4, 0.5) is 10.5 Å². The largest absolute Gasteiger partial charge is 0.476 e.